The van der Waals surface area contributed by atoms with Crippen LogP contribution in [-0.4, -0.2) is 42.0 Å². The largest absolute Gasteiger partial charge is 0.497 e. The second-order valence-electron chi connectivity index (χ2n) is 6.57. The van der Waals surface area contributed by atoms with Crippen LogP contribution in [0.15, 0.2) is 52.4 Å². The number of rotatable bonds is 10. The molecule has 0 unspecified atom stereocenters. The predicted octanol–water partition coefficient (Wildman–Crippen LogP) is 4.27. The number of ether oxygens (including phenoxy) is 2. The Morgan fingerprint density at radius 1 is 1.23 bits per heavy atom. The zero-order chi connectivity index (χ0) is 22.2. The molecule has 2 aromatic carbocycles. The summed E-state index contributed by atoms with van der Waals surface area (Å²) in [5.74, 6) is 1.41. The van der Waals surface area contributed by atoms with Crippen molar-refractivity contribution < 1.29 is 19.2 Å². The van der Waals surface area contributed by atoms with Crippen LogP contribution in [0.5, 0.6) is 5.75 Å². The molecular weight excluding hydrogens is 438 g/mol. The molecule has 0 spiro atoms. The van der Waals surface area contributed by atoms with Crippen LogP contribution in [-0.2, 0) is 16.1 Å². The Hall–Kier alpha value is -2.69. The summed E-state index contributed by atoms with van der Waals surface area (Å²) in [7, 11) is 3.22. The molecule has 10 heteroatoms. The molecule has 0 aliphatic rings. The molecule has 3 rings (SSSR count). The molecule has 31 heavy (non-hydrogen) atoms. The number of hydrogen-bond acceptors (Lipinski definition) is 7. The van der Waals surface area contributed by atoms with Gasteiger partial charge in [-0.2, -0.15) is 4.99 Å². The standard InChI is InChI=1S/C21H23N3O5S2/c1-28-12-11-23-18-14-15(24(26)27)5-10-19(18)31-21(23)22-20(25)4-3-13-30-17-8-6-16(29-2)7-9-17/h5-10,14H,3-4,11-13H2,1-2H3. The molecule has 0 radical (unpaired) electrons. The van der Waals surface area contributed by atoms with Crippen LogP contribution in [0.1, 0.15) is 12.8 Å². The van der Waals surface area contributed by atoms with Crippen LogP contribution in [0.2, 0.25) is 0 Å². The third-order valence-corrected chi connectivity index (χ3v) is 6.64. The van der Waals surface area contributed by atoms with Gasteiger partial charge in [0.1, 0.15) is 5.75 Å². The molecule has 0 bridgehead atoms. The molecule has 1 amide bonds. The topological polar surface area (TPSA) is 96.0 Å². The van der Waals surface area contributed by atoms with Gasteiger partial charge >= 0.3 is 0 Å². The molecule has 0 aliphatic heterocycles. The number of hydrogen-bond donors (Lipinski definition) is 0. The van der Waals surface area contributed by atoms with Gasteiger partial charge in [-0.3, -0.25) is 14.9 Å². The molecule has 164 valence electrons. The summed E-state index contributed by atoms with van der Waals surface area (Å²) >= 11 is 3.02. The second-order valence-corrected chi connectivity index (χ2v) is 8.75. The molecular formula is C21H23N3O5S2. The molecule has 0 fully saturated rings. The maximum absolute atomic E-state index is 12.4. The van der Waals surface area contributed by atoms with Crippen molar-refractivity contribution in [3.8, 4) is 5.75 Å². The van der Waals surface area contributed by atoms with Gasteiger partial charge in [-0.25, -0.2) is 0 Å². The van der Waals surface area contributed by atoms with Gasteiger partial charge in [0.2, 0.25) is 5.91 Å². The van der Waals surface area contributed by atoms with Crippen LogP contribution < -0.4 is 9.54 Å². The zero-order valence-corrected chi connectivity index (χ0v) is 18.9. The van der Waals surface area contributed by atoms with Gasteiger partial charge in [0.15, 0.2) is 4.80 Å². The first-order valence-electron chi connectivity index (χ1n) is 9.63. The number of benzene rings is 2. The van der Waals surface area contributed by atoms with E-state index in [-0.39, 0.29) is 11.6 Å². The number of thioether (sulfide) groups is 1. The van der Waals surface area contributed by atoms with E-state index in [4.69, 9.17) is 9.47 Å². The highest BCUT2D eigenvalue weighted by atomic mass is 32.2. The number of thiazole rings is 1. The van der Waals surface area contributed by atoms with Crippen molar-refractivity contribution in [1.29, 1.82) is 0 Å². The minimum atomic E-state index is -0.430. The summed E-state index contributed by atoms with van der Waals surface area (Å²) in [5, 5.41) is 11.1. The first kappa shape index (κ1) is 23.0. The molecule has 0 N–H and O–H groups in total. The number of carbonyl (C=O) groups excluding carboxylic acids is 1. The van der Waals surface area contributed by atoms with Gasteiger partial charge in [0.25, 0.3) is 5.69 Å². The Bertz CT molecular complexity index is 1120. The minimum Gasteiger partial charge on any atom is -0.497 e. The Morgan fingerprint density at radius 2 is 2.00 bits per heavy atom. The average Bonchev–Trinajstić information content (AvgIpc) is 3.11. The summed E-state index contributed by atoms with van der Waals surface area (Å²) in [4.78, 5) is 29.1. The summed E-state index contributed by atoms with van der Waals surface area (Å²) in [6.07, 6.45) is 1.04. The van der Waals surface area contributed by atoms with E-state index in [0.717, 1.165) is 21.1 Å². The molecule has 8 nitrogen and oxygen atoms in total. The van der Waals surface area contributed by atoms with Crippen molar-refractivity contribution in [3.63, 3.8) is 0 Å². The Morgan fingerprint density at radius 3 is 2.68 bits per heavy atom. The quantitative estimate of drug-likeness (QED) is 0.194. The first-order chi connectivity index (χ1) is 15.0. The molecule has 3 aromatic rings. The number of non-ortho nitro benzene ring substituents is 1. The van der Waals surface area contributed by atoms with Gasteiger partial charge in [0.05, 0.1) is 28.9 Å². The van der Waals surface area contributed by atoms with Gasteiger partial charge in [0, 0.05) is 37.1 Å². The summed E-state index contributed by atoms with van der Waals surface area (Å²) in [5.41, 5.74) is 0.683. The minimum absolute atomic E-state index is 0.00454. The van der Waals surface area contributed by atoms with Crippen molar-refractivity contribution >= 4 is 44.9 Å². The van der Waals surface area contributed by atoms with Gasteiger partial charge in [-0.15, -0.1) is 11.8 Å². The van der Waals surface area contributed by atoms with Crippen molar-refractivity contribution in [2.45, 2.75) is 24.3 Å². The van der Waals surface area contributed by atoms with E-state index < -0.39 is 4.92 Å². The number of fused-ring (bicyclic) bond motifs is 1. The molecule has 1 heterocycles. The molecule has 0 saturated carbocycles. The highest BCUT2D eigenvalue weighted by Gasteiger charge is 2.13. The van der Waals surface area contributed by atoms with Gasteiger partial charge in [-0.05, 0) is 42.5 Å². The van der Waals surface area contributed by atoms with E-state index in [0.29, 0.717) is 36.3 Å². The lowest BCUT2D eigenvalue weighted by Crippen LogP contribution is -2.19. The van der Waals surface area contributed by atoms with Crippen molar-refractivity contribution in [2.75, 3.05) is 26.6 Å². The fourth-order valence-electron chi connectivity index (χ4n) is 2.90. The summed E-state index contributed by atoms with van der Waals surface area (Å²) in [6, 6.07) is 12.5. The van der Waals surface area contributed by atoms with Crippen molar-refractivity contribution in [3.05, 3.63) is 57.4 Å². The Balaban J connectivity index is 1.69. The monoisotopic (exact) mass is 461 g/mol. The normalized spacial score (nSPS) is 11.7. The highest BCUT2D eigenvalue weighted by molar-refractivity contribution is 7.99. The highest BCUT2D eigenvalue weighted by Crippen LogP contribution is 2.24. The number of amides is 1. The third-order valence-electron chi connectivity index (χ3n) is 4.48. The van der Waals surface area contributed by atoms with Gasteiger partial charge in [-0.1, -0.05) is 11.3 Å². The Kier molecular flexibility index (Phi) is 8.21. The smallest absolute Gasteiger partial charge is 0.271 e. The van der Waals surface area contributed by atoms with Crippen molar-refractivity contribution in [2.24, 2.45) is 4.99 Å². The van der Waals surface area contributed by atoms with Crippen LogP contribution in [0.3, 0.4) is 0 Å². The number of nitro benzene ring substituents is 1. The first-order valence-corrected chi connectivity index (χ1v) is 11.4. The van der Waals surface area contributed by atoms with Crippen LogP contribution in [0.25, 0.3) is 10.2 Å². The maximum Gasteiger partial charge on any atom is 0.271 e. The number of nitro groups is 1. The number of aromatic nitrogens is 1. The number of carbonyl (C=O) groups is 1. The van der Waals surface area contributed by atoms with Crippen LogP contribution in [0, 0.1) is 10.1 Å². The van der Waals surface area contributed by atoms with Crippen LogP contribution >= 0.6 is 23.1 Å². The van der Waals surface area contributed by atoms with E-state index in [1.807, 2.05) is 24.3 Å². The Labute approximate surface area is 187 Å². The van der Waals surface area contributed by atoms with Crippen LogP contribution in [0.4, 0.5) is 5.69 Å². The number of nitrogens with zero attached hydrogens (tertiary/aromatic N) is 3. The lowest BCUT2D eigenvalue weighted by molar-refractivity contribution is -0.384. The number of methoxy groups -OCH3 is 2. The average molecular weight is 462 g/mol. The lowest BCUT2D eigenvalue weighted by atomic mass is 10.3. The van der Waals surface area contributed by atoms with E-state index >= 15 is 0 Å². The van der Waals surface area contributed by atoms with E-state index in [1.165, 1.54) is 23.5 Å². The molecule has 1 aromatic heterocycles. The SMILES string of the molecule is COCCn1c(=NC(=O)CCCSc2ccc(OC)cc2)sc2ccc([N+](=O)[O-])cc21. The third kappa shape index (κ3) is 6.16. The second kappa shape index (κ2) is 11.1. The fraction of sp³-hybridized carbons (Fsp3) is 0.333. The fourth-order valence-corrected chi connectivity index (χ4v) is 4.81. The zero-order valence-electron chi connectivity index (χ0n) is 17.3. The molecule has 0 aliphatic carbocycles. The van der Waals surface area contributed by atoms with Gasteiger partial charge < -0.3 is 14.0 Å². The summed E-state index contributed by atoms with van der Waals surface area (Å²) < 4.78 is 12.9. The van der Waals surface area contributed by atoms with E-state index in [2.05, 4.69) is 4.99 Å². The van der Waals surface area contributed by atoms with Crippen molar-refractivity contribution in [1.82, 2.24) is 4.57 Å². The molecule has 0 saturated heterocycles. The molecule has 0 atom stereocenters. The lowest BCUT2D eigenvalue weighted by Gasteiger charge is -2.04. The van der Waals surface area contributed by atoms with E-state index in [9.17, 15) is 14.9 Å². The predicted molar refractivity (Wildman–Crippen MR) is 122 cm³/mol. The maximum atomic E-state index is 12.4. The summed E-state index contributed by atoms with van der Waals surface area (Å²) in [6.45, 7) is 0.867. The van der Waals surface area contributed by atoms with E-state index in [1.54, 1.807) is 36.6 Å².